The molecular formula is C18H22ClN5OS. The van der Waals surface area contributed by atoms with E-state index in [1.54, 1.807) is 11.3 Å². The van der Waals surface area contributed by atoms with Crippen LogP contribution in [0.2, 0.25) is 5.02 Å². The minimum Gasteiger partial charge on any atom is -0.350 e. The highest BCUT2D eigenvalue weighted by atomic mass is 35.5. The molecule has 1 amide bonds. The van der Waals surface area contributed by atoms with Crippen molar-refractivity contribution in [1.82, 2.24) is 20.3 Å². The number of hydrogen-bond donors (Lipinski definition) is 1. The van der Waals surface area contributed by atoms with Gasteiger partial charge in [0.1, 0.15) is 0 Å². The van der Waals surface area contributed by atoms with Gasteiger partial charge in [0.25, 0.3) is 5.91 Å². The van der Waals surface area contributed by atoms with E-state index in [0.717, 1.165) is 50.2 Å². The van der Waals surface area contributed by atoms with Crippen molar-refractivity contribution in [1.29, 1.82) is 0 Å². The Balaban J connectivity index is 1.37. The molecule has 0 saturated carbocycles. The number of aromatic nitrogens is 3. The SMILES string of the molecule is O=C(NCCc1nc2c(s1)CCCC2)c1nc(N2CCCC2)ncc1Cl. The van der Waals surface area contributed by atoms with E-state index in [0.29, 0.717) is 12.5 Å². The van der Waals surface area contributed by atoms with Crippen LogP contribution in [0.5, 0.6) is 0 Å². The summed E-state index contributed by atoms with van der Waals surface area (Å²) in [6, 6.07) is 0. The minimum absolute atomic E-state index is 0.251. The molecule has 0 radical (unpaired) electrons. The van der Waals surface area contributed by atoms with E-state index in [1.165, 1.54) is 29.6 Å². The monoisotopic (exact) mass is 391 g/mol. The maximum Gasteiger partial charge on any atom is 0.271 e. The number of anilines is 1. The molecule has 26 heavy (non-hydrogen) atoms. The Morgan fingerprint density at radius 1 is 1.19 bits per heavy atom. The van der Waals surface area contributed by atoms with E-state index in [-0.39, 0.29) is 16.6 Å². The Labute approximate surface area is 162 Å². The summed E-state index contributed by atoms with van der Waals surface area (Å²) < 4.78 is 0. The Morgan fingerprint density at radius 2 is 2.00 bits per heavy atom. The topological polar surface area (TPSA) is 71.0 Å². The van der Waals surface area contributed by atoms with Gasteiger partial charge < -0.3 is 10.2 Å². The zero-order valence-corrected chi connectivity index (χ0v) is 16.2. The van der Waals surface area contributed by atoms with E-state index in [9.17, 15) is 4.79 Å². The summed E-state index contributed by atoms with van der Waals surface area (Å²) in [6.45, 7) is 2.39. The van der Waals surface area contributed by atoms with Crippen LogP contribution < -0.4 is 10.2 Å². The first-order valence-electron chi connectivity index (χ1n) is 9.24. The van der Waals surface area contributed by atoms with E-state index >= 15 is 0 Å². The quantitative estimate of drug-likeness (QED) is 0.848. The number of aryl methyl sites for hydroxylation is 2. The number of nitrogens with zero attached hydrogens (tertiary/aromatic N) is 4. The van der Waals surface area contributed by atoms with Gasteiger partial charge in [-0.25, -0.2) is 15.0 Å². The van der Waals surface area contributed by atoms with Crippen LogP contribution in [0.4, 0.5) is 5.95 Å². The van der Waals surface area contributed by atoms with E-state index in [2.05, 4.69) is 20.2 Å². The molecule has 1 fully saturated rings. The molecule has 2 aromatic rings. The zero-order valence-electron chi connectivity index (χ0n) is 14.6. The summed E-state index contributed by atoms with van der Waals surface area (Å²) >= 11 is 7.93. The predicted octanol–water partition coefficient (Wildman–Crippen LogP) is 3.04. The maximum absolute atomic E-state index is 12.5. The van der Waals surface area contributed by atoms with Crippen LogP contribution in [-0.2, 0) is 19.3 Å². The summed E-state index contributed by atoms with van der Waals surface area (Å²) in [4.78, 5) is 29.4. The molecule has 2 aromatic heterocycles. The lowest BCUT2D eigenvalue weighted by Gasteiger charge is -2.15. The molecule has 0 spiro atoms. The van der Waals surface area contributed by atoms with Gasteiger partial charge in [0.2, 0.25) is 5.95 Å². The molecule has 0 unspecified atom stereocenters. The van der Waals surface area contributed by atoms with Gasteiger partial charge in [0, 0.05) is 30.9 Å². The van der Waals surface area contributed by atoms with Crippen LogP contribution in [0.3, 0.4) is 0 Å². The lowest BCUT2D eigenvalue weighted by Crippen LogP contribution is -2.28. The second kappa shape index (κ2) is 7.88. The molecule has 6 nitrogen and oxygen atoms in total. The van der Waals surface area contributed by atoms with Crippen LogP contribution >= 0.6 is 22.9 Å². The molecule has 4 rings (SSSR count). The van der Waals surface area contributed by atoms with Crippen molar-refractivity contribution in [3.05, 3.63) is 32.5 Å². The van der Waals surface area contributed by atoms with Crippen molar-refractivity contribution in [2.24, 2.45) is 0 Å². The zero-order chi connectivity index (χ0) is 17.9. The smallest absolute Gasteiger partial charge is 0.271 e. The number of amides is 1. The molecule has 2 aliphatic rings. The van der Waals surface area contributed by atoms with Gasteiger partial charge in [-0.15, -0.1) is 11.3 Å². The van der Waals surface area contributed by atoms with Crippen molar-refractivity contribution in [3.63, 3.8) is 0 Å². The Bertz CT molecular complexity index is 779. The third-order valence-electron chi connectivity index (χ3n) is 4.85. The maximum atomic E-state index is 12.5. The summed E-state index contributed by atoms with van der Waals surface area (Å²) in [7, 11) is 0. The Hall–Kier alpha value is -1.73. The summed E-state index contributed by atoms with van der Waals surface area (Å²) in [6.07, 6.45) is 9.26. The van der Waals surface area contributed by atoms with Crippen molar-refractivity contribution < 1.29 is 4.79 Å². The average Bonchev–Trinajstić information content (AvgIpc) is 3.31. The fraction of sp³-hybridized carbons (Fsp3) is 0.556. The average molecular weight is 392 g/mol. The number of carbonyl (C=O) groups is 1. The molecule has 1 N–H and O–H groups in total. The molecule has 1 aliphatic heterocycles. The first kappa shape index (κ1) is 17.7. The van der Waals surface area contributed by atoms with Crippen molar-refractivity contribution in [2.75, 3.05) is 24.5 Å². The first-order valence-corrected chi connectivity index (χ1v) is 10.4. The molecule has 0 aromatic carbocycles. The lowest BCUT2D eigenvalue weighted by atomic mass is 10.0. The molecule has 1 saturated heterocycles. The van der Waals surface area contributed by atoms with Crippen molar-refractivity contribution in [3.8, 4) is 0 Å². The van der Waals surface area contributed by atoms with Gasteiger partial charge in [-0.3, -0.25) is 4.79 Å². The molecule has 8 heteroatoms. The van der Waals surface area contributed by atoms with Gasteiger partial charge in [-0.2, -0.15) is 0 Å². The highest BCUT2D eigenvalue weighted by Crippen LogP contribution is 2.26. The molecule has 0 bridgehead atoms. The third-order valence-corrected chi connectivity index (χ3v) is 6.34. The normalized spacial score (nSPS) is 16.6. The van der Waals surface area contributed by atoms with E-state index in [1.807, 2.05) is 0 Å². The minimum atomic E-state index is -0.251. The number of thiazole rings is 1. The van der Waals surface area contributed by atoms with Crippen LogP contribution in [0.15, 0.2) is 6.20 Å². The van der Waals surface area contributed by atoms with E-state index < -0.39 is 0 Å². The van der Waals surface area contributed by atoms with Crippen LogP contribution in [0.1, 0.15) is 51.8 Å². The number of nitrogens with one attached hydrogen (secondary N) is 1. The number of fused-ring (bicyclic) bond motifs is 1. The summed E-state index contributed by atoms with van der Waals surface area (Å²) in [5.41, 5.74) is 1.51. The lowest BCUT2D eigenvalue weighted by molar-refractivity contribution is 0.0949. The van der Waals surface area contributed by atoms with Crippen LogP contribution in [-0.4, -0.2) is 40.5 Å². The third kappa shape index (κ3) is 3.83. The van der Waals surface area contributed by atoms with Crippen molar-refractivity contribution in [2.45, 2.75) is 44.9 Å². The van der Waals surface area contributed by atoms with Gasteiger partial charge >= 0.3 is 0 Å². The highest BCUT2D eigenvalue weighted by Gasteiger charge is 2.20. The summed E-state index contributed by atoms with van der Waals surface area (Å²) in [5.74, 6) is 0.337. The molecular weight excluding hydrogens is 370 g/mol. The standard InChI is InChI=1S/C18H22ClN5OS/c19-12-11-21-18(24-9-3-4-10-24)23-16(12)17(25)20-8-7-15-22-13-5-1-2-6-14(13)26-15/h11H,1-10H2,(H,20,25). The number of carbonyl (C=O) groups excluding carboxylic acids is 1. The van der Waals surface area contributed by atoms with Gasteiger partial charge in [0.15, 0.2) is 5.69 Å². The number of halogens is 1. The molecule has 1 aliphatic carbocycles. The fourth-order valence-corrected chi connectivity index (χ4v) is 4.80. The van der Waals surface area contributed by atoms with Gasteiger partial charge in [-0.05, 0) is 38.5 Å². The molecule has 0 atom stereocenters. The van der Waals surface area contributed by atoms with Crippen LogP contribution in [0.25, 0.3) is 0 Å². The second-order valence-corrected chi connectivity index (χ2v) is 8.33. The Kier molecular flexibility index (Phi) is 5.36. The highest BCUT2D eigenvalue weighted by molar-refractivity contribution is 7.11. The molecule has 3 heterocycles. The first-order chi connectivity index (χ1) is 12.7. The van der Waals surface area contributed by atoms with Gasteiger partial charge in [0.05, 0.1) is 21.9 Å². The van der Waals surface area contributed by atoms with E-state index in [4.69, 9.17) is 16.6 Å². The largest absolute Gasteiger partial charge is 0.350 e. The summed E-state index contributed by atoms with van der Waals surface area (Å²) in [5, 5.41) is 4.31. The number of hydrogen-bond acceptors (Lipinski definition) is 6. The predicted molar refractivity (Wildman–Crippen MR) is 103 cm³/mol. The Morgan fingerprint density at radius 3 is 2.81 bits per heavy atom. The van der Waals surface area contributed by atoms with Crippen LogP contribution in [0, 0.1) is 0 Å². The fourth-order valence-electron chi connectivity index (χ4n) is 3.47. The molecule has 138 valence electrons. The number of rotatable bonds is 5. The van der Waals surface area contributed by atoms with Crippen molar-refractivity contribution >= 4 is 34.8 Å². The second-order valence-electron chi connectivity index (χ2n) is 6.75. The van der Waals surface area contributed by atoms with Gasteiger partial charge in [-0.1, -0.05) is 11.6 Å².